The molecular formula is C17H20N2O2. The Balaban J connectivity index is 1.92. The van der Waals surface area contributed by atoms with Crippen molar-refractivity contribution in [2.45, 2.75) is 32.9 Å². The molecule has 2 aromatic rings. The Bertz CT molecular complexity index is 581. The molecule has 0 aliphatic rings. The summed E-state index contributed by atoms with van der Waals surface area (Å²) in [6.07, 6.45) is 1.16. The van der Waals surface area contributed by atoms with Gasteiger partial charge in [0.05, 0.1) is 11.7 Å². The van der Waals surface area contributed by atoms with Crippen LogP contribution in [0.1, 0.15) is 31.1 Å². The Hall–Kier alpha value is -2.36. The van der Waals surface area contributed by atoms with Gasteiger partial charge in [-0.1, -0.05) is 23.8 Å². The third-order valence-corrected chi connectivity index (χ3v) is 3.19. The van der Waals surface area contributed by atoms with Gasteiger partial charge in [-0.2, -0.15) is 0 Å². The zero-order valence-electron chi connectivity index (χ0n) is 12.5. The van der Waals surface area contributed by atoms with Crippen LogP contribution >= 0.6 is 0 Å². The molecular weight excluding hydrogens is 264 g/mol. The number of aromatic nitrogens is 1. The first-order valence-corrected chi connectivity index (χ1v) is 7.01. The molecule has 0 spiro atoms. The first-order valence-electron chi connectivity index (χ1n) is 7.01. The molecule has 0 aliphatic carbocycles. The number of pyridine rings is 1. The van der Waals surface area contributed by atoms with Crippen LogP contribution in [0.5, 0.6) is 5.75 Å². The highest BCUT2D eigenvalue weighted by Gasteiger charge is 2.18. The van der Waals surface area contributed by atoms with Gasteiger partial charge < -0.3 is 10.1 Å². The van der Waals surface area contributed by atoms with Gasteiger partial charge in [0.15, 0.2) is 6.10 Å². The van der Waals surface area contributed by atoms with Crippen LogP contribution < -0.4 is 10.1 Å². The number of carbonyl (C=O) groups is 1. The van der Waals surface area contributed by atoms with Crippen molar-refractivity contribution in [1.82, 2.24) is 10.3 Å². The number of ether oxygens (including phenoxy) is 1. The van der Waals surface area contributed by atoms with Gasteiger partial charge in [-0.3, -0.25) is 9.78 Å². The zero-order chi connectivity index (χ0) is 15.2. The Kier molecular flexibility index (Phi) is 4.93. The van der Waals surface area contributed by atoms with Crippen LogP contribution in [0.4, 0.5) is 0 Å². The molecule has 1 amide bonds. The van der Waals surface area contributed by atoms with Gasteiger partial charge in [0, 0.05) is 6.20 Å². The molecule has 0 aliphatic heterocycles. The van der Waals surface area contributed by atoms with E-state index in [9.17, 15) is 4.79 Å². The highest BCUT2D eigenvalue weighted by molar-refractivity contribution is 5.81. The number of amides is 1. The second-order valence-corrected chi connectivity index (χ2v) is 5.06. The van der Waals surface area contributed by atoms with Gasteiger partial charge in [-0.05, 0) is 45.0 Å². The summed E-state index contributed by atoms with van der Waals surface area (Å²) in [7, 11) is 0. The van der Waals surface area contributed by atoms with Crippen molar-refractivity contribution in [3.8, 4) is 5.75 Å². The fraction of sp³-hybridized carbons (Fsp3) is 0.294. The third-order valence-electron chi connectivity index (χ3n) is 3.19. The maximum atomic E-state index is 12.1. The molecule has 1 heterocycles. The van der Waals surface area contributed by atoms with Gasteiger partial charge in [0.25, 0.3) is 5.91 Å². The second kappa shape index (κ2) is 6.88. The average Bonchev–Trinajstić information content (AvgIpc) is 2.50. The van der Waals surface area contributed by atoms with Crippen LogP contribution in [-0.4, -0.2) is 17.0 Å². The topological polar surface area (TPSA) is 51.2 Å². The van der Waals surface area contributed by atoms with Gasteiger partial charge in [0.1, 0.15) is 5.75 Å². The lowest BCUT2D eigenvalue weighted by Gasteiger charge is -2.18. The van der Waals surface area contributed by atoms with Crippen molar-refractivity contribution in [1.29, 1.82) is 0 Å². The summed E-state index contributed by atoms with van der Waals surface area (Å²) >= 11 is 0. The maximum absolute atomic E-state index is 12.1. The zero-order valence-corrected chi connectivity index (χ0v) is 12.5. The first-order chi connectivity index (χ1) is 10.1. The molecule has 2 atom stereocenters. The Morgan fingerprint density at radius 3 is 2.48 bits per heavy atom. The van der Waals surface area contributed by atoms with Gasteiger partial charge >= 0.3 is 0 Å². The quantitative estimate of drug-likeness (QED) is 0.918. The van der Waals surface area contributed by atoms with E-state index < -0.39 is 6.10 Å². The Morgan fingerprint density at radius 1 is 1.14 bits per heavy atom. The maximum Gasteiger partial charge on any atom is 0.261 e. The molecule has 4 nitrogen and oxygen atoms in total. The van der Waals surface area contributed by atoms with Crippen molar-refractivity contribution < 1.29 is 9.53 Å². The van der Waals surface area contributed by atoms with Crippen molar-refractivity contribution in [2.24, 2.45) is 0 Å². The molecule has 0 saturated heterocycles. The van der Waals surface area contributed by atoms with Crippen molar-refractivity contribution in [2.75, 3.05) is 0 Å². The summed E-state index contributed by atoms with van der Waals surface area (Å²) in [5.41, 5.74) is 1.98. The van der Waals surface area contributed by atoms with E-state index in [1.807, 2.05) is 56.3 Å². The lowest BCUT2D eigenvalue weighted by atomic mass is 10.2. The molecule has 1 N–H and O–H groups in total. The van der Waals surface area contributed by atoms with Crippen LogP contribution in [0.15, 0.2) is 48.7 Å². The molecule has 1 aromatic heterocycles. The van der Waals surface area contributed by atoms with E-state index in [0.717, 1.165) is 11.3 Å². The summed E-state index contributed by atoms with van der Waals surface area (Å²) in [6.45, 7) is 5.65. The molecule has 0 radical (unpaired) electrons. The van der Waals surface area contributed by atoms with Gasteiger partial charge in [0.2, 0.25) is 0 Å². The third kappa shape index (κ3) is 4.31. The molecule has 0 bridgehead atoms. The summed E-state index contributed by atoms with van der Waals surface area (Å²) in [5, 5.41) is 2.90. The van der Waals surface area contributed by atoms with E-state index in [1.54, 1.807) is 13.1 Å². The molecule has 0 fully saturated rings. The molecule has 110 valence electrons. The van der Waals surface area contributed by atoms with E-state index in [0.29, 0.717) is 5.75 Å². The Labute approximate surface area is 125 Å². The SMILES string of the molecule is Cc1ccc(OC(C)C(=O)NC(C)c2ccccn2)cc1. The Morgan fingerprint density at radius 2 is 1.86 bits per heavy atom. The van der Waals surface area contributed by atoms with Crippen LogP contribution in [0.2, 0.25) is 0 Å². The minimum atomic E-state index is -0.557. The molecule has 0 saturated carbocycles. The van der Waals surface area contributed by atoms with E-state index >= 15 is 0 Å². The normalized spacial score (nSPS) is 13.3. The van der Waals surface area contributed by atoms with Crippen molar-refractivity contribution in [3.63, 3.8) is 0 Å². The van der Waals surface area contributed by atoms with Gasteiger partial charge in [-0.15, -0.1) is 0 Å². The minimum absolute atomic E-state index is 0.150. The predicted molar refractivity (Wildman–Crippen MR) is 82.1 cm³/mol. The van der Waals surface area contributed by atoms with Crippen molar-refractivity contribution in [3.05, 3.63) is 59.9 Å². The molecule has 4 heteroatoms. The smallest absolute Gasteiger partial charge is 0.261 e. The van der Waals surface area contributed by atoms with E-state index in [4.69, 9.17) is 4.74 Å². The molecule has 21 heavy (non-hydrogen) atoms. The lowest BCUT2D eigenvalue weighted by Crippen LogP contribution is -2.38. The molecule has 1 aromatic carbocycles. The number of carbonyl (C=O) groups excluding carboxylic acids is 1. The first kappa shape index (κ1) is 15.0. The van der Waals surface area contributed by atoms with Gasteiger partial charge in [-0.25, -0.2) is 0 Å². The highest BCUT2D eigenvalue weighted by atomic mass is 16.5. The number of rotatable bonds is 5. The lowest BCUT2D eigenvalue weighted by molar-refractivity contribution is -0.127. The average molecular weight is 284 g/mol. The number of nitrogens with zero attached hydrogens (tertiary/aromatic N) is 1. The van der Waals surface area contributed by atoms with Crippen molar-refractivity contribution >= 4 is 5.91 Å². The number of hydrogen-bond acceptors (Lipinski definition) is 3. The van der Waals surface area contributed by atoms with E-state index in [-0.39, 0.29) is 11.9 Å². The monoisotopic (exact) mass is 284 g/mol. The van der Waals surface area contributed by atoms with Crippen LogP contribution in [0.3, 0.4) is 0 Å². The number of benzene rings is 1. The van der Waals surface area contributed by atoms with E-state index in [2.05, 4.69) is 10.3 Å². The van der Waals surface area contributed by atoms with Crippen LogP contribution in [0, 0.1) is 6.92 Å². The molecule has 2 unspecified atom stereocenters. The standard InChI is InChI=1S/C17H20N2O2/c1-12-7-9-15(10-8-12)21-14(3)17(20)19-13(2)16-6-4-5-11-18-16/h4-11,13-14H,1-3H3,(H,19,20). The van der Waals surface area contributed by atoms with Crippen LogP contribution in [-0.2, 0) is 4.79 Å². The number of hydrogen-bond donors (Lipinski definition) is 1. The molecule has 2 rings (SSSR count). The second-order valence-electron chi connectivity index (χ2n) is 5.06. The van der Waals surface area contributed by atoms with E-state index in [1.165, 1.54) is 0 Å². The minimum Gasteiger partial charge on any atom is -0.481 e. The highest BCUT2D eigenvalue weighted by Crippen LogP contribution is 2.14. The predicted octanol–water partition coefficient (Wildman–Crippen LogP) is 3.03. The summed E-state index contributed by atoms with van der Waals surface area (Å²) in [4.78, 5) is 16.4. The summed E-state index contributed by atoms with van der Waals surface area (Å²) in [6, 6.07) is 13.1. The number of aryl methyl sites for hydroxylation is 1. The fourth-order valence-electron chi connectivity index (χ4n) is 1.91. The van der Waals surface area contributed by atoms with Crippen LogP contribution in [0.25, 0.3) is 0 Å². The fourth-order valence-corrected chi connectivity index (χ4v) is 1.91. The number of nitrogens with one attached hydrogen (secondary N) is 1. The largest absolute Gasteiger partial charge is 0.481 e. The summed E-state index contributed by atoms with van der Waals surface area (Å²) < 4.78 is 5.64. The summed E-state index contributed by atoms with van der Waals surface area (Å²) in [5.74, 6) is 0.530.